The van der Waals surface area contributed by atoms with Gasteiger partial charge in [0.2, 0.25) is 0 Å². The van der Waals surface area contributed by atoms with Crippen molar-refractivity contribution in [3.63, 3.8) is 0 Å². The van der Waals surface area contributed by atoms with Gasteiger partial charge in [-0.3, -0.25) is 4.90 Å². The van der Waals surface area contributed by atoms with Gasteiger partial charge >= 0.3 is 6.09 Å². The molecule has 3 aromatic rings. The average Bonchev–Trinajstić information content (AvgIpc) is 3.22. The minimum Gasteiger partial charge on any atom is -0.445 e. The molecule has 0 atom stereocenters. The van der Waals surface area contributed by atoms with Crippen molar-refractivity contribution >= 4 is 6.09 Å². The van der Waals surface area contributed by atoms with Crippen LogP contribution in [0, 0.1) is 20.8 Å². The Hall–Kier alpha value is -3.12. The Morgan fingerprint density at radius 2 is 1.62 bits per heavy atom. The van der Waals surface area contributed by atoms with Gasteiger partial charge < -0.3 is 14.2 Å². The van der Waals surface area contributed by atoms with E-state index in [0.29, 0.717) is 19.7 Å². The molecule has 168 valence electrons. The lowest BCUT2D eigenvalue weighted by molar-refractivity contribution is 0.0693. The highest BCUT2D eigenvalue weighted by molar-refractivity contribution is 5.67. The largest absolute Gasteiger partial charge is 0.445 e. The molecule has 0 radical (unpaired) electrons. The van der Waals surface area contributed by atoms with Crippen LogP contribution >= 0.6 is 0 Å². The number of amides is 1. The first kappa shape index (κ1) is 22.1. The lowest BCUT2D eigenvalue weighted by Gasteiger charge is -2.34. The molecule has 0 saturated carbocycles. The van der Waals surface area contributed by atoms with Crippen LogP contribution in [0.3, 0.4) is 0 Å². The van der Waals surface area contributed by atoms with Crippen molar-refractivity contribution in [3.8, 4) is 0 Å². The van der Waals surface area contributed by atoms with Crippen LogP contribution in [0.25, 0.3) is 0 Å². The molecule has 0 spiro atoms. The van der Waals surface area contributed by atoms with Crippen molar-refractivity contribution in [1.29, 1.82) is 0 Å². The van der Waals surface area contributed by atoms with Gasteiger partial charge in [0, 0.05) is 45.5 Å². The van der Waals surface area contributed by atoms with Gasteiger partial charge in [-0.05, 0) is 43.0 Å². The summed E-state index contributed by atoms with van der Waals surface area (Å²) in [5.74, 6) is 0. The fourth-order valence-electron chi connectivity index (χ4n) is 4.13. The van der Waals surface area contributed by atoms with Gasteiger partial charge in [0.1, 0.15) is 6.61 Å². The van der Waals surface area contributed by atoms with Gasteiger partial charge in [0.15, 0.2) is 0 Å². The summed E-state index contributed by atoms with van der Waals surface area (Å²) in [4.78, 5) is 21.1. The quantitative estimate of drug-likeness (QED) is 0.582. The molecule has 1 aliphatic heterocycles. The van der Waals surface area contributed by atoms with Gasteiger partial charge in [-0.25, -0.2) is 9.78 Å². The number of carbonyl (C=O) groups excluding carboxylic acids is 1. The Morgan fingerprint density at radius 3 is 2.31 bits per heavy atom. The summed E-state index contributed by atoms with van der Waals surface area (Å²) in [6.45, 7) is 11.2. The first-order valence-corrected chi connectivity index (χ1v) is 11.2. The predicted molar refractivity (Wildman–Crippen MR) is 125 cm³/mol. The summed E-state index contributed by atoms with van der Waals surface area (Å²) < 4.78 is 7.82. The standard InChI is InChI=1S/C26H32N4O2/c1-20-7-9-23(10-8-20)16-30-19-27-15-24(30)17-28-11-13-29(14-12-28)26(31)32-18-25-21(2)5-4-6-22(25)3/h4-10,15,19H,11-14,16-18H2,1-3H3. The predicted octanol–water partition coefficient (Wildman–Crippen LogP) is 4.31. The van der Waals surface area contributed by atoms with E-state index in [1.54, 1.807) is 0 Å². The second-order valence-electron chi connectivity index (χ2n) is 8.69. The monoisotopic (exact) mass is 432 g/mol. The number of piperazine rings is 1. The lowest BCUT2D eigenvalue weighted by atomic mass is 10.0. The highest BCUT2D eigenvalue weighted by atomic mass is 16.6. The number of aryl methyl sites for hydroxylation is 3. The van der Waals surface area contributed by atoms with Crippen LogP contribution in [0.1, 0.15) is 33.5 Å². The molecule has 0 unspecified atom stereocenters. The molecule has 1 amide bonds. The molecule has 1 saturated heterocycles. The van der Waals surface area contributed by atoms with Crippen LogP contribution in [0.5, 0.6) is 0 Å². The fraction of sp³-hybridized carbons (Fsp3) is 0.385. The van der Waals surface area contributed by atoms with E-state index in [2.05, 4.69) is 71.6 Å². The second-order valence-corrected chi connectivity index (χ2v) is 8.69. The van der Waals surface area contributed by atoms with Crippen LogP contribution in [0.15, 0.2) is 55.0 Å². The summed E-state index contributed by atoms with van der Waals surface area (Å²) in [6, 6.07) is 14.8. The van der Waals surface area contributed by atoms with Gasteiger partial charge in [-0.15, -0.1) is 0 Å². The van der Waals surface area contributed by atoms with Crippen molar-refractivity contribution in [3.05, 3.63) is 88.5 Å². The van der Waals surface area contributed by atoms with E-state index in [-0.39, 0.29) is 6.09 Å². The number of aromatic nitrogens is 2. The van der Waals surface area contributed by atoms with Crippen molar-refractivity contribution < 1.29 is 9.53 Å². The fourth-order valence-corrected chi connectivity index (χ4v) is 4.13. The number of ether oxygens (including phenoxy) is 1. The number of nitrogens with zero attached hydrogens (tertiary/aromatic N) is 4. The number of hydrogen-bond donors (Lipinski definition) is 0. The molecule has 6 heteroatoms. The minimum atomic E-state index is -0.225. The van der Waals surface area contributed by atoms with Gasteiger partial charge in [0.05, 0.1) is 12.0 Å². The third-order valence-electron chi connectivity index (χ3n) is 6.27. The summed E-state index contributed by atoms with van der Waals surface area (Å²) in [6.07, 6.45) is 3.62. The van der Waals surface area contributed by atoms with E-state index >= 15 is 0 Å². The maximum absolute atomic E-state index is 12.6. The van der Waals surface area contributed by atoms with E-state index < -0.39 is 0 Å². The summed E-state index contributed by atoms with van der Waals surface area (Å²) in [7, 11) is 0. The molecule has 6 nitrogen and oxygen atoms in total. The zero-order valence-electron chi connectivity index (χ0n) is 19.3. The highest BCUT2D eigenvalue weighted by Gasteiger charge is 2.23. The SMILES string of the molecule is Cc1ccc(Cn2cncc2CN2CCN(C(=O)OCc3c(C)cccc3C)CC2)cc1. The van der Waals surface area contributed by atoms with E-state index in [1.807, 2.05) is 23.5 Å². The number of hydrogen-bond acceptors (Lipinski definition) is 4. The molecule has 2 heterocycles. The van der Waals surface area contributed by atoms with Gasteiger partial charge in [-0.2, -0.15) is 0 Å². The molecular formula is C26H32N4O2. The first-order valence-electron chi connectivity index (χ1n) is 11.2. The molecule has 1 aromatic heterocycles. The Balaban J connectivity index is 1.27. The molecular weight excluding hydrogens is 400 g/mol. The number of benzene rings is 2. The Bertz CT molecular complexity index is 1030. The van der Waals surface area contributed by atoms with Gasteiger partial charge in [-0.1, -0.05) is 48.0 Å². The van der Waals surface area contributed by atoms with E-state index in [1.165, 1.54) is 16.8 Å². The summed E-state index contributed by atoms with van der Waals surface area (Å²) in [5, 5.41) is 0. The molecule has 4 rings (SSSR count). The highest BCUT2D eigenvalue weighted by Crippen LogP contribution is 2.16. The van der Waals surface area contributed by atoms with Crippen LogP contribution in [0.4, 0.5) is 4.79 Å². The molecule has 0 aliphatic carbocycles. The minimum absolute atomic E-state index is 0.225. The third-order valence-corrected chi connectivity index (χ3v) is 6.27. The van der Waals surface area contributed by atoms with Gasteiger partial charge in [0.25, 0.3) is 0 Å². The first-order chi connectivity index (χ1) is 15.5. The maximum Gasteiger partial charge on any atom is 0.410 e. The Kier molecular flexibility index (Phi) is 6.90. The van der Waals surface area contributed by atoms with Crippen molar-refractivity contribution in [2.45, 2.75) is 40.5 Å². The lowest BCUT2D eigenvalue weighted by Crippen LogP contribution is -2.48. The van der Waals surface area contributed by atoms with Crippen molar-refractivity contribution in [1.82, 2.24) is 19.4 Å². The summed E-state index contributed by atoms with van der Waals surface area (Å²) >= 11 is 0. The Morgan fingerprint density at radius 1 is 0.938 bits per heavy atom. The van der Waals surface area contributed by atoms with Crippen LogP contribution in [0.2, 0.25) is 0 Å². The molecule has 0 bridgehead atoms. The summed E-state index contributed by atoms with van der Waals surface area (Å²) in [5.41, 5.74) is 7.14. The van der Waals surface area contributed by atoms with Crippen LogP contribution < -0.4 is 0 Å². The molecule has 32 heavy (non-hydrogen) atoms. The van der Waals surface area contributed by atoms with Crippen LogP contribution in [-0.2, 0) is 24.4 Å². The molecule has 1 aliphatic rings. The number of imidazole rings is 1. The molecule has 2 aromatic carbocycles. The van der Waals surface area contributed by atoms with Crippen molar-refractivity contribution in [2.75, 3.05) is 26.2 Å². The third kappa shape index (κ3) is 5.37. The maximum atomic E-state index is 12.6. The zero-order chi connectivity index (χ0) is 22.5. The molecule has 1 fully saturated rings. The second kappa shape index (κ2) is 10.0. The topological polar surface area (TPSA) is 50.6 Å². The Labute approximate surface area is 190 Å². The van der Waals surface area contributed by atoms with E-state index in [0.717, 1.165) is 42.9 Å². The number of carbonyl (C=O) groups is 1. The average molecular weight is 433 g/mol. The van der Waals surface area contributed by atoms with Crippen molar-refractivity contribution in [2.24, 2.45) is 0 Å². The normalized spacial score (nSPS) is 14.5. The smallest absolute Gasteiger partial charge is 0.410 e. The zero-order valence-corrected chi connectivity index (χ0v) is 19.3. The number of rotatable bonds is 6. The van der Waals surface area contributed by atoms with E-state index in [4.69, 9.17) is 4.74 Å². The van der Waals surface area contributed by atoms with Crippen LogP contribution in [-0.4, -0.2) is 51.6 Å². The van der Waals surface area contributed by atoms with E-state index in [9.17, 15) is 4.79 Å². The molecule has 0 N–H and O–H groups in total.